The van der Waals surface area contributed by atoms with Gasteiger partial charge in [0.05, 0.1) is 0 Å². The number of fused-ring (bicyclic) bond motifs is 2. The van der Waals surface area contributed by atoms with Crippen LogP contribution in [0.1, 0.15) is 142 Å². The zero-order valence-electron chi connectivity index (χ0n) is 62.2. The van der Waals surface area contributed by atoms with E-state index in [9.17, 15) is 58.2 Å². The predicted octanol–water partition coefficient (Wildman–Crippen LogP) is 2.09. The Morgan fingerprint density at radius 3 is 0.953 bits per heavy atom. The Labute approximate surface area is 621 Å². The second-order valence-electron chi connectivity index (χ2n) is 29.6. The molecule has 16 N–H and O–H groups in total. The van der Waals surface area contributed by atoms with Crippen LogP contribution in [-0.2, 0) is 83.2 Å². The zero-order chi connectivity index (χ0) is 77.3. The molecule has 0 aliphatic carbocycles. The van der Waals surface area contributed by atoms with Crippen LogP contribution in [0.15, 0.2) is 109 Å². The number of phenols is 2. The number of phenolic OH excluding ortho intramolecular Hbond substituents is 2. The van der Waals surface area contributed by atoms with Gasteiger partial charge in [-0.2, -0.15) is 0 Å². The van der Waals surface area contributed by atoms with Gasteiger partial charge in [0.15, 0.2) is 0 Å². The second-order valence-corrected chi connectivity index (χ2v) is 29.6. The summed E-state index contributed by atoms with van der Waals surface area (Å²) in [6.45, 7) is 14.3. The van der Waals surface area contributed by atoms with Crippen molar-refractivity contribution in [3.05, 3.63) is 131 Å². The third-order valence-electron chi connectivity index (χ3n) is 19.3. The Morgan fingerprint density at radius 2 is 0.632 bits per heavy atom. The zero-order valence-corrected chi connectivity index (χ0v) is 62.2. The smallest absolute Gasteiger partial charge is 0.246 e. The Bertz CT molecular complexity index is 3400. The molecule has 12 atom stereocenters. The molecular weight excluding hydrogens is 1360 g/mol. The average molecular weight is 1470 g/mol. The van der Waals surface area contributed by atoms with Crippen LogP contribution in [0.3, 0.4) is 0 Å². The molecule has 3 heterocycles. The molecule has 106 heavy (non-hydrogen) atoms. The lowest BCUT2D eigenvalue weighted by Crippen LogP contribution is -2.62. The van der Waals surface area contributed by atoms with Crippen molar-refractivity contribution in [1.29, 1.82) is 0 Å². The van der Waals surface area contributed by atoms with Crippen LogP contribution in [0, 0.1) is 23.7 Å². The first-order chi connectivity index (χ1) is 50.5. The van der Waals surface area contributed by atoms with Crippen LogP contribution in [0.2, 0.25) is 0 Å². The molecule has 0 saturated carbocycles. The third-order valence-corrected chi connectivity index (χ3v) is 19.3. The maximum Gasteiger partial charge on any atom is 0.246 e. The molecule has 28 nitrogen and oxygen atoms in total. The Morgan fingerprint density at radius 1 is 0.349 bits per heavy atom. The van der Waals surface area contributed by atoms with Crippen LogP contribution in [-0.4, -0.2) is 190 Å². The molecule has 4 aromatic rings. The van der Waals surface area contributed by atoms with Gasteiger partial charge in [0.2, 0.25) is 70.9 Å². The number of carbonyl (C=O) groups is 12. The highest BCUT2D eigenvalue weighted by atomic mass is 16.3. The molecule has 0 radical (unpaired) electrons. The number of aromatic hydroxyl groups is 2. The van der Waals surface area contributed by atoms with E-state index >= 15 is 9.59 Å². The minimum absolute atomic E-state index is 0.0152. The second kappa shape index (κ2) is 40.5. The van der Waals surface area contributed by atoms with E-state index in [-0.39, 0.29) is 127 Å². The molecule has 576 valence electrons. The molecule has 0 bridgehead atoms. The first-order valence-corrected chi connectivity index (χ1v) is 37.2. The van der Waals surface area contributed by atoms with Crippen molar-refractivity contribution in [2.75, 3.05) is 26.2 Å². The summed E-state index contributed by atoms with van der Waals surface area (Å²) in [5.41, 5.74) is 14.3. The Kier molecular flexibility index (Phi) is 31.8. The highest BCUT2D eigenvalue weighted by Gasteiger charge is 2.44. The van der Waals surface area contributed by atoms with Gasteiger partial charge in [-0.05, 0) is 147 Å². The molecule has 0 spiro atoms. The van der Waals surface area contributed by atoms with Crippen LogP contribution < -0.4 is 64.6 Å². The SMILES string of the molecule is CC(C)C[C@@H]1NC(=O)[C@H](CCCN)NC(=O)[C@H](C(C)C)NC(=O)[C@@H](Cc2ccc(O)cc2)NC(=O)[C@@H]2CCCN2C(=O)[C@H](Cc2ccccc2)NC(=O)[C@H](CC(C)C)NC(=O)[C@H](CCCN)NC(=O)[C@H](C(C)C)NC(=O)[C@@H](Cc2ccc(O)cc2)NC(=O)[C@@H]2CCCN2C(=O)[C@H](Cc2ccccc2)NC1=O. The largest absolute Gasteiger partial charge is 0.508 e. The summed E-state index contributed by atoms with van der Waals surface area (Å²) in [5.74, 6) is -10.9. The molecule has 28 heteroatoms. The molecular formula is C78H110N14O14. The van der Waals surface area contributed by atoms with Gasteiger partial charge in [-0.15, -0.1) is 0 Å². The minimum atomic E-state index is -1.42. The summed E-state index contributed by atoms with van der Waals surface area (Å²) in [7, 11) is 0. The molecule has 3 aliphatic rings. The fourth-order valence-electron chi connectivity index (χ4n) is 13.6. The average Bonchev–Trinajstić information content (AvgIpc) is 1.52. The predicted molar refractivity (Wildman–Crippen MR) is 398 cm³/mol. The van der Waals surface area contributed by atoms with Crippen LogP contribution in [0.25, 0.3) is 0 Å². The van der Waals surface area contributed by atoms with E-state index in [0.29, 0.717) is 35.1 Å². The summed E-state index contributed by atoms with van der Waals surface area (Å²) in [5, 5.41) is 48.9. The monoisotopic (exact) mass is 1470 g/mol. The number of amides is 12. The van der Waals surface area contributed by atoms with Crippen molar-refractivity contribution in [2.45, 2.75) is 218 Å². The molecule has 7 rings (SSSR count). The maximum absolute atomic E-state index is 15.3. The van der Waals surface area contributed by atoms with Crippen molar-refractivity contribution in [3.8, 4) is 11.5 Å². The number of hydrogen-bond donors (Lipinski definition) is 14. The van der Waals surface area contributed by atoms with Gasteiger partial charge in [-0.1, -0.05) is 140 Å². The quantitative estimate of drug-likeness (QED) is 0.0602. The van der Waals surface area contributed by atoms with E-state index in [1.165, 1.54) is 34.1 Å². The molecule has 0 aromatic heterocycles. The van der Waals surface area contributed by atoms with Crippen molar-refractivity contribution in [1.82, 2.24) is 63.0 Å². The first-order valence-electron chi connectivity index (χ1n) is 37.2. The molecule has 0 unspecified atom stereocenters. The molecule has 3 aliphatic heterocycles. The third kappa shape index (κ3) is 24.6. The Hall–Kier alpha value is -9.96. The maximum atomic E-state index is 15.3. The lowest BCUT2D eigenvalue weighted by molar-refractivity contribution is -0.143. The summed E-state index contributed by atoms with van der Waals surface area (Å²) < 4.78 is 0. The number of nitrogens with zero attached hydrogens (tertiary/aromatic N) is 2. The van der Waals surface area contributed by atoms with Gasteiger partial charge in [0.1, 0.15) is 84.0 Å². The fourth-order valence-corrected chi connectivity index (χ4v) is 13.6. The van der Waals surface area contributed by atoms with E-state index in [1.54, 1.807) is 113 Å². The van der Waals surface area contributed by atoms with Crippen LogP contribution in [0.5, 0.6) is 11.5 Å². The summed E-state index contributed by atoms with van der Waals surface area (Å²) in [6, 6.07) is 13.7. The summed E-state index contributed by atoms with van der Waals surface area (Å²) >= 11 is 0. The first kappa shape index (κ1) is 83.3. The lowest BCUT2D eigenvalue weighted by atomic mass is 9.98. The number of rotatable bonds is 20. The minimum Gasteiger partial charge on any atom is -0.508 e. The lowest BCUT2D eigenvalue weighted by Gasteiger charge is -2.32. The number of nitrogens with two attached hydrogens (primary N) is 2. The number of hydrogen-bond acceptors (Lipinski definition) is 16. The number of benzene rings is 4. The highest BCUT2D eigenvalue weighted by Crippen LogP contribution is 2.25. The molecule has 12 amide bonds. The van der Waals surface area contributed by atoms with Gasteiger partial charge in [0.25, 0.3) is 0 Å². The Balaban J connectivity index is 1.30. The summed E-state index contributed by atoms with van der Waals surface area (Å²) in [4.78, 5) is 182. The normalized spacial score (nSPS) is 25.2. The van der Waals surface area contributed by atoms with Crippen molar-refractivity contribution >= 4 is 70.9 Å². The van der Waals surface area contributed by atoms with Crippen LogP contribution >= 0.6 is 0 Å². The highest BCUT2D eigenvalue weighted by molar-refractivity contribution is 6.01. The number of carbonyl (C=O) groups excluding carboxylic acids is 12. The van der Waals surface area contributed by atoms with Gasteiger partial charge in [0, 0.05) is 38.8 Å². The van der Waals surface area contributed by atoms with Crippen molar-refractivity contribution in [3.63, 3.8) is 0 Å². The van der Waals surface area contributed by atoms with Gasteiger partial charge in [-0.3, -0.25) is 57.5 Å². The van der Waals surface area contributed by atoms with E-state index < -0.39 is 155 Å². The molecule has 3 saturated heterocycles. The van der Waals surface area contributed by atoms with E-state index in [1.807, 2.05) is 27.7 Å². The molecule has 3 fully saturated rings. The van der Waals surface area contributed by atoms with E-state index in [0.717, 1.165) is 0 Å². The van der Waals surface area contributed by atoms with E-state index in [4.69, 9.17) is 11.5 Å². The summed E-state index contributed by atoms with van der Waals surface area (Å²) in [6.07, 6.45) is 1.06. The fraction of sp³-hybridized carbons (Fsp3) is 0.538. The van der Waals surface area contributed by atoms with Crippen LogP contribution in [0.4, 0.5) is 0 Å². The van der Waals surface area contributed by atoms with Gasteiger partial charge < -0.3 is 84.6 Å². The van der Waals surface area contributed by atoms with E-state index in [2.05, 4.69) is 53.2 Å². The van der Waals surface area contributed by atoms with Gasteiger partial charge in [-0.25, -0.2) is 0 Å². The topological polar surface area (TPSA) is 424 Å². The van der Waals surface area contributed by atoms with Crippen molar-refractivity contribution in [2.24, 2.45) is 35.1 Å². The standard InChI is InChI=1S/C78H110N14O14/c1-45(2)39-57-69(97)87-61(43-49-19-11-9-12-20-49)77(105)91-37-17-25-63(91)73(101)85-60(42-52-29-33-54(94)34-30-52)72(100)90-66(48(7)8)76(104)82-56(24-16-36-80)68(96)84-58(40-46(3)4)70(98)88-62(44-50-21-13-10-14-22-50)78(106)92-38-18-26-64(92)74(102)86-59(41-51-27-31-53(93)32-28-51)71(99)89-65(47(5)6)75(103)81-55(23-15-35-79)67(95)83-57/h9-14,19-22,27-34,45-48,55-66,93-94H,15-18,23-26,35-44,79-80H2,1-8H3,(H,81,103)(H,82,104)(H,83,95)(H,84,96)(H,85,101)(H,86,102)(H,87,97)(H,88,98)(H,89,99)(H,90,100)/t55-,56-,57-,58-,59+,60+,61-,62-,63-,64-,65-,66-/m0/s1. The van der Waals surface area contributed by atoms with Gasteiger partial charge >= 0.3 is 0 Å². The van der Waals surface area contributed by atoms with Crippen molar-refractivity contribution < 1.29 is 67.7 Å². The molecule has 4 aromatic carbocycles. The number of nitrogens with one attached hydrogen (secondary N) is 10.